The molecule has 0 radical (unpaired) electrons. The van der Waals surface area contributed by atoms with Gasteiger partial charge in [0.25, 0.3) is 0 Å². The lowest BCUT2D eigenvalue weighted by Gasteiger charge is -2.24. The lowest BCUT2D eigenvalue weighted by atomic mass is 9.87. The average Bonchev–Trinajstić information content (AvgIpc) is 2.79. The second kappa shape index (κ2) is 10.6. The van der Waals surface area contributed by atoms with Gasteiger partial charge in [0, 0.05) is 21.9 Å². The van der Waals surface area contributed by atoms with Crippen molar-refractivity contribution in [1.82, 2.24) is 0 Å². The minimum Gasteiger partial charge on any atom is -0.497 e. The van der Waals surface area contributed by atoms with E-state index in [0.29, 0.717) is 5.25 Å². The van der Waals surface area contributed by atoms with Crippen molar-refractivity contribution in [2.24, 2.45) is 0 Å². The number of ether oxygens (including phenoxy) is 1. The second-order valence-electron chi connectivity index (χ2n) is 8.74. The van der Waals surface area contributed by atoms with Gasteiger partial charge in [0.05, 0.1) is 7.11 Å². The summed E-state index contributed by atoms with van der Waals surface area (Å²) in [5.74, 6) is 0.858. The number of anilines is 1. The third kappa shape index (κ3) is 6.67. The molecule has 0 saturated carbocycles. The normalized spacial score (nSPS) is 13.3. The number of methoxy groups -OCH3 is 1. The Hall–Kier alpha value is -2.65. The fraction of sp³-hybridized carbons (Fsp3) is 0.286. The zero-order valence-corrected chi connectivity index (χ0v) is 19.8. The Bertz CT molecular complexity index is 943. The van der Waals surface area contributed by atoms with E-state index in [4.69, 9.17) is 4.74 Å². The highest BCUT2D eigenvalue weighted by Gasteiger charge is 2.19. The van der Waals surface area contributed by atoms with Gasteiger partial charge in [-0.05, 0) is 59.4 Å². The number of benzene rings is 3. The van der Waals surface area contributed by atoms with Crippen molar-refractivity contribution < 1.29 is 4.74 Å². The molecule has 3 aromatic rings. The summed E-state index contributed by atoms with van der Waals surface area (Å²) < 4.78 is 5.27. The van der Waals surface area contributed by atoms with E-state index >= 15 is 0 Å². The molecule has 0 fully saturated rings. The molecule has 0 amide bonds. The first kappa shape index (κ1) is 23.0. The van der Waals surface area contributed by atoms with Crippen molar-refractivity contribution in [1.29, 1.82) is 0 Å². The van der Waals surface area contributed by atoms with Gasteiger partial charge < -0.3 is 10.1 Å². The zero-order chi connectivity index (χ0) is 22.3. The van der Waals surface area contributed by atoms with Crippen LogP contribution < -0.4 is 10.1 Å². The minimum atomic E-state index is 0.153. The van der Waals surface area contributed by atoms with E-state index in [1.807, 2.05) is 42.1 Å². The molecule has 31 heavy (non-hydrogen) atoms. The largest absolute Gasteiger partial charge is 0.497 e. The Morgan fingerprint density at radius 3 is 2.13 bits per heavy atom. The standard InChI is InChI=1S/C28H33NOS/c1-6-23(29-24-14-16-25(30-5)17-15-24)20-27(21-10-8-7-9-11-21)31-26-18-12-22(13-19-26)28(2,3)4/h6-19,23,27,29H,1,20H2,2-5H3. The Morgan fingerprint density at radius 1 is 0.935 bits per heavy atom. The molecule has 3 aromatic carbocycles. The summed E-state index contributed by atoms with van der Waals surface area (Å²) in [7, 11) is 1.69. The first-order valence-corrected chi connectivity index (χ1v) is 11.6. The van der Waals surface area contributed by atoms with Crippen LogP contribution in [-0.2, 0) is 5.41 Å². The number of nitrogens with one attached hydrogen (secondary N) is 1. The molecule has 0 aliphatic rings. The SMILES string of the molecule is C=CC(CC(Sc1ccc(C(C)(C)C)cc1)c1ccccc1)Nc1ccc(OC)cc1. The quantitative estimate of drug-likeness (QED) is 0.275. The van der Waals surface area contributed by atoms with Gasteiger partial charge in [0.2, 0.25) is 0 Å². The van der Waals surface area contributed by atoms with E-state index in [0.717, 1.165) is 17.9 Å². The van der Waals surface area contributed by atoms with Gasteiger partial charge >= 0.3 is 0 Å². The third-order valence-corrected chi connectivity index (χ3v) is 6.66. The van der Waals surface area contributed by atoms with E-state index in [9.17, 15) is 0 Å². The third-order valence-electron chi connectivity index (χ3n) is 5.36. The van der Waals surface area contributed by atoms with Crippen LogP contribution in [0.15, 0.2) is 96.4 Å². The lowest BCUT2D eigenvalue weighted by Crippen LogP contribution is -2.19. The van der Waals surface area contributed by atoms with Crippen LogP contribution in [0.2, 0.25) is 0 Å². The van der Waals surface area contributed by atoms with Gasteiger partial charge in [0.15, 0.2) is 0 Å². The molecule has 1 N–H and O–H groups in total. The molecule has 0 aliphatic heterocycles. The number of hydrogen-bond acceptors (Lipinski definition) is 3. The van der Waals surface area contributed by atoms with E-state index in [1.165, 1.54) is 16.0 Å². The minimum absolute atomic E-state index is 0.153. The van der Waals surface area contributed by atoms with Gasteiger partial charge in [-0.25, -0.2) is 0 Å². The van der Waals surface area contributed by atoms with Gasteiger partial charge in [-0.3, -0.25) is 0 Å². The highest BCUT2D eigenvalue weighted by Crippen LogP contribution is 2.40. The number of hydrogen-bond donors (Lipinski definition) is 1. The van der Waals surface area contributed by atoms with Crippen molar-refractivity contribution in [3.8, 4) is 5.75 Å². The van der Waals surface area contributed by atoms with Crippen LogP contribution in [0.5, 0.6) is 5.75 Å². The first-order valence-electron chi connectivity index (χ1n) is 10.7. The summed E-state index contributed by atoms with van der Waals surface area (Å²) in [5, 5.41) is 3.92. The summed E-state index contributed by atoms with van der Waals surface area (Å²) in [4.78, 5) is 1.29. The lowest BCUT2D eigenvalue weighted by molar-refractivity contribution is 0.415. The van der Waals surface area contributed by atoms with Gasteiger partial charge in [-0.2, -0.15) is 0 Å². The maximum atomic E-state index is 5.27. The van der Waals surface area contributed by atoms with E-state index in [-0.39, 0.29) is 11.5 Å². The number of rotatable bonds is 9. The smallest absolute Gasteiger partial charge is 0.119 e. The van der Waals surface area contributed by atoms with Gasteiger partial charge in [-0.1, -0.05) is 69.3 Å². The maximum absolute atomic E-state index is 5.27. The van der Waals surface area contributed by atoms with Crippen LogP contribution in [0.1, 0.15) is 43.6 Å². The molecule has 0 bridgehead atoms. The zero-order valence-electron chi connectivity index (χ0n) is 19.0. The van der Waals surface area contributed by atoms with Crippen LogP contribution >= 0.6 is 11.8 Å². The molecule has 0 aliphatic carbocycles. The maximum Gasteiger partial charge on any atom is 0.119 e. The van der Waals surface area contributed by atoms with E-state index < -0.39 is 0 Å². The van der Waals surface area contributed by atoms with Crippen LogP contribution in [0, 0.1) is 0 Å². The van der Waals surface area contributed by atoms with Gasteiger partial charge in [-0.15, -0.1) is 18.3 Å². The first-order chi connectivity index (χ1) is 14.9. The topological polar surface area (TPSA) is 21.3 Å². The molecule has 2 nitrogen and oxygen atoms in total. The summed E-state index contributed by atoms with van der Waals surface area (Å²) in [5.41, 5.74) is 3.92. The molecule has 0 saturated heterocycles. The molecule has 0 heterocycles. The predicted molar refractivity (Wildman–Crippen MR) is 135 cm³/mol. The molecular formula is C28H33NOS. The summed E-state index contributed by atoms with van der Waals surface area (Å²) in [6.45, 7) is 10.8. The van der Waals surface area contributed by atoms with E-state index in [2.05, 4.69) is 87.3 Å². The molecule has 162 valence electrons. The van der Waals surface area contributed by atoms with Crippen LogP contribution in [0.3, 0.4) is 0 Å². The van der Waals surface area contributed by atoms with Crippen molar-refractivity contribution >= 4 is 17.4 Å². The predicted octanol–water partition coefficient (Wildman–Crippen LogP) is 7.88. The van der Waals surface area contributed by atoms with Crippen molar-refractivity contribution in [2.45, 2.75) is 48.8 Å². The Labute approximate surface area is 191 Å². The fourth-order valence-electron chi connectivity index (χ4n) is 3.46. The molecule has 2 unspecified atom stereocenters. The highest BCUT2D eigenvalue weighted by molar-refractivity contribution is 7.99. The van der Waals surface area contributed by atoms with Crippen LogP contribution in [-0.4, -0.2) is 13.2 Å². The Balaban J connectivity index is 1.77. The molecule has 2 atom stereocenters. The van der Waals surface area contributed by atoms with Crippen molar-refractivity contribution in [3.05, 3.63) is 103 Å². The molecule has 3 rings (SSSR count). The van der Waals surface area contributed by atoms with E-state index in [1.54, 1.807) is 7.11 Å². The molecule has 3 heteroatoms. The summed E-state index contributed by atoms with van der Waals surface area (Å²) >= 11 is 1.91. The summed E-state index contributed by atoms with van der Waals surface area (Å²) in [6.07, 6.45) is 2.94. The van der Waals surface area contributed by atoms with Crippen molar-refractivity contribution in [3.63, 3.8) is 0 Å². The summed E-state index contributed by atoms with van der Waals surface area (Å²) in [6, 6.07) is 27.9. The fourth-order valence-corrected chi connectivity index (χ4v) is 4.68. The second-order valence-corrected chi connectivity index (χ2v) is 10.0. The van der Waals surface area contributed by atoms with Crippen LogP contribution in [0.4, 0.5) is 5.69 Å². The van der Waals surface area contributed by atoms with Crippen molar-refractivity contribution in [2.75, 3.05) is 12.4 Å². The molecular weight excluding hydrogens is 398 g/mol. The Morgan fingerprint density at radius 2 is 1.58 bits per heavy atom. The molecule has 0 aromatic heterocycles. The van der Waals surface area contributed by atoms with Crippen LogP contribution in [0.25, 0.3) is 0 Å². The number of thioether (sulfide) groups is 1. The highest BCUT2D eigenvalue weighted by atomic mass is 32.2. The average molecular weight is 432 g/mol. The Kier molecular flexibility index (Phi) is 7.86. The van der Waals surface area contributed by atoms with Gasteiger partial charge in [0.1, 0.15) is 5.75 Å². The monoisotopic (exact) mass is 431 g/mol. The molecule has 0 spiro atoms.